The van der Waals surface area contributed by atoms with Crippen LogP contribution in [0.4, 0.5) is 10.5 Å². The summed E-state index contributed by atoms with van der Waals surface area (Å²) < 4.78 is 5.27. The molecule has 1 fully saturated rings. The van der Waals surface area contributed by atoms with E-state index in [0.29, 0.717) is 49.7 Å². The maximum atomic E-state index is 12.6. The fraction of sp³-hybridized carbons (Fsp3) is 0.250. The predicted octanol–water partition coefficient (Wildman–Crippen LogP) is 1.58. The van der Waals surface area contributed by atoms with Gasteiger partial charge in [0, 0.05) is 36.4 Å². The maximum Gasteiger partial charge on any atom is 0.312 e. The number of nitrogens with two attached hydrogens (primary N) is 1. The Balaban J connectivity index is 1.63. The SMILES string of the molecule is NC(=O)NCc1ccc(C(=O)Nc2cccc(C(=O)N3CCOCC3)c2)cc1. The van der Waals surface area contributed by atoms with Crippen molar-refractivity contribution in [2.45, 2.75) is 6.54 Å². The van der Waals surface area contributed by atoms with Gasteiger partial charge in [-0.25, -0.2) is 4.79 Å². The van der Waals surface area contributed by atoms with Crippen LogP contribution in [0.5, 0.6) is 0 Å². The minimum atomic E-state index is -0.603. The Morgan fingerprint density at radius 3 is 2.39 bits per heavy atom. The Bertz CT molecular complexity index is 861. The van der Waals surface area contributed by atoms with Crippen LogP contribution < -0.4 is 16.4 Å². The molecule has 1 aliphatic heterocycles. The molecule has 28 heavy (non-hydrogen) atoms. The molecule has 4 amide bonds. The first-order valence-electron chi connectivity index (χ1n) is 8.93. The molecule has 0 saturated carbocycles. The summed E-state index contributed by atoms with van der Waals surface area (Å²) in [4.78, 5) is 37.5. The number of urea groups is 1. The Morgan fingerprint density at radius 2 is 1.71 bits per heavy atom. The molecular weight excluding hydrogens is 360 g/mol. The van der Waals surface area contributed by atoms with Gasteiger partial charge in [0.25, 0.3) is 11.8 Å². The Morgan fingerprint density at radius 1 is 1.00 bits per heavy atom. The second-order valence-corrected chi connectivity index (χ2v) is 6.35. The fourth-order valence-corrected chi connectivity index (χ4v) is 2.85. The highest BCUT2D eigenvalue weighted by molar-refractivity contribution is 6.05. The molecule has 8 nitrogen and oxygen atoms in total. The van der Waals surface area contributed by atoms with Crippen molar-refractivity contribution in [1.82, 2.24) is 10.2 Å². The summed E-state index contributed by atoms with van der Waals surface area (Å²) in [6.45, 7) is 2.49. The highest BCUT2D eigenvalue weighted by Crippen LogP contribution is 2.15. The van der Waals surface area contributed by atoms with Crippen molar-refractivity contribution < 1.29 is 19.1 Å². The van der Waals surface area contributed by atoms with E-state index in [4.69, 9.17) is 10.5 Å². The molecule has 0 bridgehead atoms. The van der Waals surface area contributed by atoms with Crippen molar-refractivity contribution in [2.24, 2.45) is 5.73 Å². The lowest BCUT2D eigenvalue weighted by Gasteiger charge is -2.27. The van der Waals surface area contributed by atoms with Crippen molar-refractivity contribution in [3.63, 3.8) is 0 Å². The zero-order valence-electron chi connectivity index (χ0n) is 15.3. The molecule has 3 rings (SSSR count). The van der Waals surface area contributed by atoms with E-state index in [-0.39, 0.29) is 11.8 Å². The Kier molecular flexibility index (Phi) is 6.23. The minimum Gasteiger partial charge on any atom is -0.378 e. The molecule has 146 valence electrons. The van der Waals surface area contributed by atoms with Gasteiger partial charge in [0.2, 0.25) is 0 Å². The molecule has 2 aromatic carbocycles. The molecule has 1 heterocycles. The van der Waals surface area contributed by atoms with Crippen molar-refractivity contribution in [1.29, 1.82) is 0 Å². The number of ether oxygens (including phenoxy) is 1. The predicted molar refractivity (Wildman–Crippen MR) is 104 cm³/mol. The average Bonchev–Trinajstić information content (AvgIpc) is 2.73. The molecule has 0 unspecified atom stereocenters. The number of amides is 4. The number of rotatable bonds is 5. The number of carbonyl (C=O) groups excluding carboxylic acids is 3. The van der Waals surface area contributed by atoms with E-state index in [1.165, 1.54) is 0 Å². The van der Waals surface area contributed by atoms with Gasteiger partial charge in [0.15, 0.2) is 0 Å². The third kappa shape index (κ3) is 5.08. The molecule has 2 aromatic rings. The number of hydrogen-bond acceptors (Lipinski definition) is 4. The third-order valence-corrected chi connectivity index (χ3v) is 4.35. The fourth-order valence-electron chi connectivity index (χ4n) is 2.85. The number of hydrogen-bond donors (Lipinski definition) is 3. The van der Waals surface area contributed by atoms with Gasteiger partial charge in [0.05, 0.1) is 13.2 Å². The first-order chi connectivity index (χ1) is 13.5. The van der Waals surface area contributed by atoms with Crippen LogP contribution in [-0.2, 0) is 11.3 Å². The lowest BCUT2D eigenvalue weighted by Crippen LogP contribution is -2.40. The van der Waals surface area contributed by atoms with Gasteiger partial charge in [0.1, 0.15) is 0 Å². The summed E-state index contributed by atoms with van der Waals surface area (Å²) in [5.41, 5.74) is 7.40. The normalized spacial score (nSPS) is 13.6. The maximum absolute atomic E-state index is 12.6. The van der Waals surface area contributed by atoms with Crippen molar-refractivity contribution >= 4 is 23.5 Å². The molecule has 0 spiro atoms. The van der Waals surface area contributed by atoms with Crippen LogP contribution in [0.15, 0.2) is 48.5 Å². The molecule has 1 saturated heterocycles. The van der Waals surface area contributed by atoms with Gasteiger partial charge < -0.3 is 26.0 Å². The number of carbonyl (C=O) groups is 3. The number of morpholine rings is 1. The molecule has 1 aliphatic rings. The van der Waals surface area contributed by atoms with Crippen molar-refractivity contribution in [3.8, 4) is 0 Å². The molecule has 8 heteroatoms. The Labute approximate surface area is 162 Å². The smallest absolute Gasteiger partial charge is 0.312 e. The molecule has 0 aromatic heterocycles. The van der Waals surface area contributed by atoms with E-state index in [2.05, 4.69) is 10.6 Å². The van der Waals surface area contributed by atoms with Crippen molar-refractivity contribution in [3.05, 3.63) is 65.2 Å². The highest BCUT2D eigenvalue weighted by Gasteiger charge is 2.19. The number of nitrogens with zero attached hydrogens (tertiary/aromatic N) is 1. The zero-order valence-corrected chi connectivity index (χ0v) is 15.3. The van der Waals surface area contributed by atoms with Gasteiger partial charge in [-0.3, -0.25) is 9.59 Å². The third-order valence-electron chi connectivity index (χ3n) is 4.35. The average molecular weight is 382 g/mol. The van der Waals surface area contributed by atoms with Crippen LogP contribution in [-0.4, -0.2) is 49.0 Å². The van der Waals surface area contributed by atoms with E-state index in [1.54, 1.807) is 53.4 Å². The number of benzene rings is 2. The molecule has 0 radical (unpaired) electrons. The van der Waals surface area contributed by atoms with Crippen LogP contribution in [0.1, 0.15) is 26.3 Å². The second-order valence-electron chi connectivity index (χ2n) is 6.35. The summed E-state index contributed by atoms with van der Waals surface area (Å²) in [5, 5.41) is 5.29. The quantitative estimate of drug-likeness (QED) is 0.728. The van der Waals surface area contributed by atoms with Crippen LogP contribution in [0, 0.1) is 0 Å². The number of primary amides is 1. The van der Waals surface area contributed by atoms with Gasteiger partial charge in [-0.05, 0) is 35.9 Å². The van der Waals surface area contributed by atoms with E-state index < -0.39 is 6.03 Å². The van der Waals surface area contributed by atoms with E-state index >= 15 is 0 Å². The lowest BCUT2D eigenvalue weighted by molar-refractivity contribution is 0.0303. The van der Waals surface area contributed by atoms with Crippen LogP contribution in [0.2, 0.25) is 0 Å². The van der Waals surface area contributed by atoms with E-state index in [9.17, 15) is 14.4 Å². The zero-order chi connectivity index (χ0) is 19.9. The van der Waals surface area contributed by atoms with Crippen LogP contribution in [0.3, 0.4) is 0 Å². The van der Waals surface area contributed by atoms with Gasteiger partial charge in [-0.2, -0.15) is 0 Å². The molecular formula is C20H22N4O4. The van der Waals surface area contributed by atoms with Gasteiger partial charge in [-0.1, -0.05) is 18.2 Å². The summed E-state index contributed by atoms with van der Waals surface area (Å²) >= 11 is 0. The van der Waals surface area contributed by atoms with Gasteiger partial charge in [-0.15, -0.1) is 0 Å². The molecule has 0 aliphatic carbocycles. The standard InChI is InChI=1S/C20H22N4O4/c21-20(27)22-13-14-4-6-15(7-5-14)18(25)23-17-3-1-2-16(12-17)19(26)24-8-10-28-11-9-24/h1-7,12H,8-11,13H2,(H,23,25)(H3,21,22,27). The summed E-state index contributed by atoms with van der Waals surface area (Å²) in [5.74, 6) is -0.365. The first kappa shape index (κ1) is 19.4. The van der Waals surface area contributed by atoms with Crippen LogP contribution in [0.25, 0.3) is 0 Å². The van der Waals surface area contributed by atoms with Gasteiger partial charge >= 0.3 is 6.03 Å². The monoisotopic (exact) mass is 382 g/mol. The lowest BCUT2D eigenvalue weighted by atomic mass is 10.1. The Hall–Kier alpha value is -3.39. The summed E-state index contributed by atoms with van der Waals surface area (Å²) in [6, 6.07) is 13.1. The minimum absolute atomic E-state index is 0.0781. The topological polar surface area (TPSA) is 114 Å². The second kappa shape index (κ2) is 9.01. The largest absolute Gasteiger partial charge is 0.378 e. The number of anilines is 1. The first-order valence-corrected chi connectivity index (χ1v) is 8.93. The van der Waals surface area contributed by atoms with E-state index in [1.807, 2.05) is 0 Å². The number of nitrogens with one attached hydrogen (secondary N) is 2. The van der Waals surface area contributed by atoms with E-state index in [0.717, 1.165) is 5.56 Å². The summed E-state index contributed by atoms with van der Waals surface area (Å²) in [7, 11) is 0. The molecule has 4 N–H and O–H groups in total. The summed E-state index contributed by atoms with van der Waals surface area (Å²) in [6.07, 6.45) is 0. The molecule has 0 atom stereocenters. The highest BCUT2D eigenvalue weighted by atomic mass is 16.5. The van der Waals surface area contributed by atoms with Crippen molar-refractivity contribution in [2.75, 3.05) is 31.6 Å². The van der Waals surface area contributed by atoms with Crippen LogP contribution >= 0.6 is 0 Å².